The summed E-state index contributed by atoms with van der Waals surface area (Å²) in [7, 11) is 3.10. The number of Topliss-reactive ketones (excluding diaryl/α,β-unsaturated/α-hetero) is 1. The van der Waals surface area contributed by atoms with E-state index in [1.54, 1.807) is 27.2 Å². The second kappa shape index (κ2) is 11.0. The molecule has 0 spiro atoms. The van der Waals surface area contributed by atoms with Crippen LogP contribution in [0, 0.1) is 0 Å². The van der Waals surface area contributed by atoms with E-state index in [1.165, 1.54) is 12.1 Å². The summed E-state index contributed by atoms with van der Waals surface area (Å²) >= 11 is 0. The number of allylic oxidation sites excluding steroid dienone is 3. The van der Waals surface area contributed by atoms with Gasteiger partial charge < -0.3 is 19.5 Å². The third-order valence-corrected chi connectivity index (χ3v) is 8.07. The fraction of sp³-hybridized carbons (Fsp3) is 0.419. The van der Waals surface area contributed by atoms with E-state index in [-0.39, 0.29) is 29.8 Å². The third kappa shape index (κ3) is 5.33. The summed E-state index contributed by atoms with van der Waals surface area (Å²) < 4.78 is 56.6. The van der Waals surface area contributed by atoms with Crippen LogP contribution in [0.15, 0.2) is 65.0 Å². The van der Waals surface area contributed by atoms with Crippen LogP contribution in [-0.2, 0) is 20.5 Å². The first kappa shape index (κ1) is 27.8. The van der Waals surface area contributed by atoms with Gasteiger partial charge in [-0.1, -0.05) is 18.2 Å². The number of nitrogens with one attached hydrogen (secondary N) is 1. The minimum atomic E-state index is -4.50. The predicted octanol–water partition coefficient (Wildman–Crippen LogP) is 6.57. The number of halogens is 3. The van der Waals surface area contributed by atoms with Gasteiger partial charge in [0.25, 0.3) is 0 Å². The Hall–Kier alpha value is -3.75. The molecule has 2 atom stereocenters. The van der Waals surface area contributed by atoms with E-state index in [1.807, 2.05) is 12.1 Å². The van der Waals surface area contributed by atoms with Crippen LogP contribution in [0.4, 0.5) is 13.2 Å². The number of carbonyl (C=O) groups excluding carboxylic acids is 2. The average molecular weight is 556 g/mol. The number of ketones is 1. The average Bonchev–Trinajstić information content (AvgIpc) is 3.44. The highest BCUT2D eigenvalue weighted by Crippen LogP contribution is 2.47. The zero-order valence-corrected chi connectivity index (χ0v) is 22.7. The van der Waals surface area contributed by atoms with Crippen LogP contribution in [-0.4, -0.2) is 32.1 Å². The van der Waals surface area contributed by atoms with E-state index in [0.29, 0.717) is 40.5 Å². The fourth-order valence-corrected chi connectivity index (χ4v) is 6.07. The van der Waals surface area contributed by atoms with Gasteiger partial charge in [0.1, 0.15) is 6.10 Å². The molecule has 212 valence electrons. The van der Waals surface area contributed by atoms with E-state index >= 15 is 0 Å². The van der Waals surface area contributed by atoms with Gasteiger partial charge in [-0.05, 0) is 80.3 Å². The highest BCUT2D eigenvalue weighted by atomic mass is 19.4. The molecule has 6 nitrogen and oxygen atoms in total. The second-order valence-electron chi connectivity index (χ2n) is 10.6. The fourth-order valence-electron chi connectivity index (χ4n) is 6.07. The lowest BCUT2D eigenvalue weighted by atomic mass is 9.71. The molecule has 3 aliphatic rings. The van der Waals surface area contributed by atoms with E-state index in [2.05, 4.69) is 5.32 Å². The molecule has 2 aromatic carbocycles. The van der Waals surface area contributed by atoms with Gasteiger partial charge in [0, 0.05) is 29.3 Å². The Labute approximate surface area is 231 Å². The number of rotatable bonds is 6. The molecule has 0 saturated heterocycles. The topological polar surface area (TPSA) is 73.9 Å². The van der Waals surface area contributed by atoms with Crippen molar-refractivity contribution in [3.63, 3.8) is 0 Å². The smallest absolute Gasteiger partial charge is 0.416 e. The highest BCUT2D eigenvalue weighted by molar-refractivity contribution is 6.04. The summed E-state index contributed by atoms with van der Waals surface area (Å²) in [6.07, 6.45) is -0.544. The van der Waals surface area contributed by atoms with Crippen LogP contribution in [0.3, 0.4) is 0 Å². The molecular weight excluding hydrogens is 523 g/mol. The molecule has 0 amide bonds. The maximum absolute atomic E-state index is 13.8. The second-order valence-corrected chi connectivity index (χ2v) is 10.6. The molecule has 2 aromatic rings. The molecule has 2 unspecified atom stereocenters. The Morgan fingerprint density at radius 3 is 2.20 bits per heavy atom. The van der Waals surface area contributed by atoms with Crippen molar-refractivity contribution in [2.45, 2.75) is 69.6 Å². The number of ether oxygens (including phenoxy) is 3. The Bertz CT molecular complexity index is 1370. The maximum Gasteiger partial charge on any atom is 0.416 e. The number of hydrogen-bond acceptors (Lipinski definition) is 6. The van der Waals surface area contributed by atoms with Crippen LogP contribution in [0.2, 0.25) is 0 Å². The molecule has 1 saturated carbocycles. The number of dihydropyridines is 1. The molecular formula is C31H32F3NO5. The summed E-state index contributed by atoms with van der Waals surface area (Å²) in [4.78, 5) is 27.3. The first-order valence-electron chi connectivity index (χ1n) is 13.4. The van der Waals surface area contributed by atoms with Gasteiger partial charge in [-0.3, -0.25) is 4.79 Å². The SMILES string of the molecule is COc1ccc(C2CC(=O)C3=C(C2)NC(C)=C(C(=O)OC2CCCC2)C3c2ccc(C(F)(F)F)cc2)cc1OC. The quantitative estimate of drug-likeness (QED) is 0.407. The van der Waals surface area contributed by atoms with Crippen molar-refractivity contribution in [2.24, 2.45) is 0 Å². The van der Waals surface area contributed by atoms with Crippen molar-refractivity contribution in [1.29, 1.82) is 0 Å². The Morgan fingerprint density at radius 1 is 0.925 bits per heavy atom. The van der Waals surface area contributed by atoms with Gasteiger partial charge >= 0.3 is 12.1 Å². The summed E-state index contributed by atoms with van der Waals surface area (Å²) in [5.74, 6) is -0.562. The molecule has 2 aliphatic carbocycles. The summed E-state index contributed by atoms with van der Waals surface area (Å²) in [5.41, 5.74) is 2.42. The zero-order chi connectivity index (χ0) is 28.6. The van der Waals surface area contributed by atoms with Gasteiger partial charge in [0.15, 0.2) is 17.3 Å². The van der Waals surface area contributed by atoms with Crippen molar-refractivity contribution < 1.29 is 37.0 Å². The van der Waals surface area contributed by atoms with Gasteiger partial charge in [-0.15, -0.1) is 0 Å². The predicted molar refractivity (Wildman–Crippen MR) is 142 cm³/mol. The van der Waals surface area contributed by atoms with E-state index < -0.39 is 23.6 Å². The van der Waals surface area contributed by atoms with Crippen molar-refractivity contribution in [2.75, 3.05) is 14.2 Å². The molecule has 1 fully saturated rings. The minimum absolute atomic E-state index is 0.161. The van der Waals surface area contributed by atoms with Crippen molar-refractivity contribution in [3.8, 4) is 11.5 Å². The number of hydrogen-bond donors (Lipinski definition) is 1. The molecule has 0 bridgehead atoms. The maximum atomic E-state index is 13.8. The van der Waals surface area contributed by atoms with Crippen molar-refractivity contribution in [3.05, 3.63) is 81.7 Å². The van der Waals surface area contributed by atoms with Crippen LogP contribution < -0.4 is 14.8 Å². The molecule has 1 heterocycles. The summed E-state index contributed by atoms with van der Waals surface area (Å²) in [6.45, 7) is 1.75. The van der Waals surface area contributed by atoms with E-state index in [9.17, 15) is 22.8 Å². The van der Waals surface area contributed by atoms with E-state index in [4.69, 9.17) is 14.2 Å². The molecule has 1 N–H and O–H groups in total. The normalized spacial score (nSPS) is 21.7. The highest BCUT2D eigenvalue weighted by Gasteiger charge is 2.42. The molecule has 40 heavy (non-hydrogen) atoms. The Kier molecular flexibility index (Phi) is 7.66. The first-order chi connectivity index (χ1) is 19.1. The standard InChI is InChI=1S/C31H32F3NO5/c1-17-27(30(37)40-22-6-4-5-7-22)28(18-8-11-21(12-9-18)31(32,33)34)29-23(35-17)14-20(15-24(29)36)19-10-13-25(38-2)26(16-19)39-3/h8-13,16,20,22,28,35H,4-7,14-15H2,1-3H3. The monoisotopic (exact) mass is 555 g/mol. The molecule has 0 radical (unpaired) electrons. The first-order valence-corrected chi connectivity index (χ1v) is 13.4. The number of esters is 1. The third-order valence-electron chi connectivity index (χ3n) is 8.07. The number of benzene rings is 2. The van der Waals surface area contributed by atoms with Crippen LogP contribution in [0.1, 0.15) is 74.0 Å². The largest absolute Gasteiger partial charge is 0.493 e. The lowest BCUT2D eigenvalue weighted by Gasteiger charge is -2.37. The lowest BCUT2D eigenvalue weighted by molar-refractivity contribution is -0.144. The number of carbonyl (C=O) groups is 2. The Balaban J connectivity index is 1.54. The van der Waals surface area contributed by atoms with Crippen LogP contribution in [0.25, 0.3) is 0 Å². The van der Waals surface area contributed by atoms with Crippen LogP contribution >= 0.6 is 0 Å². The van der Waals surface area contributed by atoms with Crippen molar-refractivity contribution >= 4 is 11.8 Å². The van der Waals surface area contributed by atoms with Gasteiger partial charge in [-0.2, -0.15) is 13.2 Å². The molecule has 0 aromatic heterocycles. The van der Waals surface area contributed by atoms with E-state index in [0.717, 1.165) is 43.4 Å². The van der Waals surface area contributed by atoms with Gasteiger partial charge in [-0.25, -0.2) is 4.79 Å². The summed E-state index contributed by atoms with van der Waals surface area (Å²) in [6, 6.07) is 10.2. The Morgan fingerprint density at radius 2 is 1.57 bits per heavy atom. The summed E-state index contributed by atoms with van der Waals surface area (Å²) in [5, 5.41) is 3.29. The molecule has 1 aliphatic heterocycles. The van der Waals surface area contributed by atoms with Crippen molar-refractivity contribution in [1.82, 2.24) is 5.32 Å². The number of alkyl halides is 3. The molecule has 9 heteroatoms. The van der Waals surface area contributed by atoms with Crippen LogP contribution in [0.5, 0.6) is 11.5 Å². The minimum Gasteiger partial charge on any atom is -0.493 e. The molecule has 5 rings (SSSR count). The zero-order valence-electron chi connectivity index (χ0n) is 22.7. The van der Waals surface area contributed by atoms with Gasteiger partial charge in [0.2, 0.25) is 0 Å². The lowest BCUT2D eigenvalue weighted by Crippen LogP contribution is -2.36. The van der Waals surface area contributed by atoms with Gasteiger partial charge in [0.05, 0.1) is 25.4 Å². The number of methoxy groups -OCH3 is 2.